The summed E-state index contributed by atoms with van der Waals surface area (Å²) in [7, 11) is 1.61. The summed E-state index contributed by atoms with van der Waals surface area (Å²) in [6.45, 7) is 0. The van der Waals surface area contributed by atoms with E-state index in [2.05, 4.69) is 20.3 Å². The number of nitrogen functional groups attached to an aromatic ring is 1. The van der Waals surface area contributed by atoms with Gasteiger partial charge in [0.05, 0.1) is 18.4 Å². The van der Waals surface area contributed by atoms with Gasteiger partial charge >= 0.3 is 0 Å². The van der Waals surface area contributed by atoms with Crippen LogP contribution in [0.1, 0.15) is 5.89 Å². The van der Waals surface area contributed by atoms with Gasteiger partial charge in [-0.2, -0.15) is 4.98 Å². The number of hydrogen-bond acceptors (Lipinski definition) is 9. The van der Waals surface area contributed by atoms with Gasteiger partial charge in [0.1, 0.15) is 5.75 Å². The van der Waals surface area contributed by atoms with E-state index >= 15 is 0 Å². The summed E-state index contributed by atoms with van der Waals surface area (Å²) in [5.41, 5.74) is 6.32. The molecule has 7 nitrogen and oxygen atoms in total. The van der Waals surface area contributed by atoms with Crippen LogP contribution < -0.4 is 10.5 Å². The predicted octanol–water partition coefficient (Wildman–Crippen LogP) is 2.47. The van der Waals surface area contributed by atoms with Gasteiger partial charge in [-0.05, 0) is 12.1 Å². The van der Waals surface area contributed by atoms with Gasteiger partial charge in [-0.15, -0.1) is 10.2 Å². The molecule has 0 aliphatic rings. The fourth-order valence-corrected chi connectivity index (χ4v) is 3.13. The van der Waals surface area contributed by atoms with Gasteiger partial charge in [-0.1, -0.05) is 40.4 Å². The van der Waals surface area contributed by atoms with Crippen molar-refractivity contribution in [2.45, 2.75) is 10.1 Å². The van der Waals surface area contributed by atoms with Gasteiger partial charge in [0.25, 0.3) is 0 Å². The average Bonchev–Trinajstić information content (AvgIpc) is 3.14. The number of ether oxygens (including phenoxy) is 1. The van der Waals surface area contributed by atoms with Crippen molar-refractivity contribution in [3.05, 3.63) is 30.2 Å². The van der Waals surface area contributed by atoms with Crippen LogP contribution in [-0.2, 0) is 5.75 Å². The zero-order chi connectivity index (χ0) is 14.7. The van der Waals surface area contributed by atoms with Crippen LogP contribution in [0.3, 0.4) is 0 Å². The van der Waals surface area contributed by atoms with E-state index in [1.165, 1.54) is 23.1 Å². The maximum atomic E-state index is 5.53. The molecule has 0 aliphatic heterocycles. The molecule has 21 heavy (non-hydrogen) atoms. The molecule has 0 spiro atoms. The van der Waals surface area contributed by atoms with Gasteiger partial charge in [0, 0.05) is 0 Å². The maximum absolute atomic E-state index is 5.53. The molecule has 108 valence electrons. The minimum atomic E-state index is 0.442. The standard InChI is InChI=1S/C12H11N5O2S2/c1-18-8-5-3-2-4-7(8)10-14-9(19-17-10)6-20-12-16-15-11(13)21-12/h2-5H,6H2,1H3,(H2,13,15). The molecule has 1 aromatic carbocycles. The fraction of sp³-hybridized carbons (Fsp3) is 0.167. The van der Waals surface area contributed by atoms with Crippen molar-refractivity contribution < 1.29 is 9.26 Å². The molecule has 0 saturated carbocycles. The van der Waals surface area contributed by atoms with Crippen LogP contribution in [0.2, 0.25) is 0 Å². The first-order chi connectivity index (χ1) is 10.3. The van der Waals surface area contributed by atoms with E-state index < -0.39 is 0 Å². The van der Waals surface area contributed by atoms with Crippen molar-refractivity contribution in [1.82, 2.24) is 20.3 Å². The Balaban J connectivity index is 1.74. The van der Waals surface area contributed by atoms with E-state index in [9.17, 15) is 0 Å². The highest BCUT2D eigenvalue weighted by Crippen LogP contribution is 2.29. The Hall–Kier alpha value is -2.13. The minimum absolute atomic E-state index is 0.442. The number of methoxy groups -OCH3 is 1. The maximum Gasteiger partial charge on any atom is 0.237 e. The van der Waals surface area contributed by atoms with Crippen molar-refractivity contribution in [1.29, 1.82) is 0 Å². The van der Waals surface area contributed by atoms with Crippen LogP contribution in [-0.4, -0.2) is 27.4 Å². The molecule has 0 aliphatic carbocycles. The Morgan fingerprint density at radius 2 is 2.19 bits per heavy atom. The normalized spacial score (nSPS) is 10.7. The van der Waals surface area contributed by atoms with Gasteiger partial charge < -0.3 is 15.0 Å². The van der Waals surface area contributed by atoms with E-state index in [0.29, 0.717) is 28.3 Å². The molecule has 0 saturated heterocycles. The Bertz CT molecular complexity index is 743. The Kier molecular flexibility index (Phi) is 4.02. The highest BCUT2D eigenvalue weighted by molar-refractivity contribution is 8.00. The SMILES string of the molecule is COc1ccccc1-c1noc(CSc2nnc(N)s2)n1. The van der Waals surface area contributed by atoms with E-state index in [1.807, 2.05) is 24.3 Å². The van der Waals surface area contributed by atoms with E-state index in [0.717, 1.165) is 9.90 Å². The first-order valence-electron chi connectivity index (χ1n) is 5.94. The number of aromatic nitrogens is 4. The smallest absolute Gasteiger partial charge is 0.237 e. The van der Waals surface area contributed by atoms with Crippen LogP contribution in [0.15, 0.2) is 33.1 Å². The monoisotopic (exact) mass is 321 g/mol. The topological polar surface area (TPSA) is 100.0 Å². The Morgan fingerprint density at radius 1 is 1.33 bits per heavy atom. The summed E-state index contributed by atoms with van der Waals surface area (Å²) >= 11 is 2.78. The molecule has 2 N–H and O–H groups in total. The third-order valence-electron chi connectivity index (χ3n) is 2.56. The third-order valence-corrected chi connectivity index (χ3v) is 4.43. The first kappa shape index (κ1) is 13.8. The highest BCUT2D eigenvalue weighted by atomic mass is 32.2. The Labute approximate surface area is 128 Å². The van der Waals surface area contributed by atoms with Gasteiger partial charge in [-0.25, -0.2) is 0 Å². The molecule has 2 heterocycles. The molecule has 0 unspecified atom stereocenters. The molecule has 3 rings (SSSR count). The Morgan fingerprint density at radius 3 is 2.95 bits per heavy atom. The lowest BCUT2D eigenvalue weighted by Gasteiger charge is -2.02. The fourth-order valence-electron chi connectivity index (χ4n) is 1.65. The van der Waals surface area contributed by atoms with Gasteiger partial charge in [0.2, 0.25) is 16.8 Å². The molecule has 0 bridgehead atoms. The van der Waals surface area contributed by atoms with Crippen LogP contribution in [0, 0.1) is 0 Å². The third kappa shape index (κ3) is 3.14. The number of benzene rings is 1. The number of rotatable bonds is 5. The molecule has 0 radical (unpaired) electrons. The van der Waals surface area contributed by atoms with Crippen LogP contribution >= 0.6 is 23.1 Å². The predicted molar refractivity (Wildman–Crippen MR) is 80.2 cm³/mol. The van der Waals surface area contributed by atoms with Crippen LogP contribution in [0.5, 0.6) is 5.75 Å². The van der Waals surface area contributed by atoms with Crippen molar-refractivity contribution in [3.63, 3.8) is 0 Å². The molecular formula is C12H11N5O2S2. The van der Waals surface area contributed by atoms with Crippen LogP contribution in [0.25, 0.3) is 11.4 Å². The number of para-hydroxylation sites is 1. The number of anilines is 1. The van der Waals surface area contributed by atoms with Crippen molar-refractivity contribution in [3.8, 4) is 17.1 Å². The number of hydrogen-bond donors (Lipinski definition) is 1. The van der Waals surface area contributed by atoms with E-state index in [-0.39, 0.29) is 0 Å². The highest BCUT2D eigenvalue weighted by Gasteiger charge is 2.13. The first-order valence-corrected chi connectivity index (χ1v) is 7.74. The second-order valence-corrected chi connectivity index (χ2v) is 6.14. The summed E-state index contributed by atoms with van der Waals surface area (Å²) in [5, 5.41) is 12.1. The van der Waals surface area contributed by atoms with Crippen molar-refractivity contribution in [2.24, 2.45) is 0 Å². The number of nitrogens with zero attached hydrogens (tertiary/aromatic N) is 4. The summed E-state index contributed by atoms with van der Waals surface area (Å²) in [5.74, 6) is 2.22. The quantitative estimate of drug-likeness (QED) is 0.715. The minimum Gasteiger partial charge on any atom is -0.496 e. The molecule has 2 aromatic heterocycles. The molecule has 3 aromatic rings. The summed E-state index contributed by atoms with van der Waals surface area (Å²) in [6, 6.07) is 7.52. The lowest BCUT2D eigenvalue weighted by atomic mass is 10.2. The van der Waals surface area contributed by atoms with E-state index in [1.54, 1.807) is 7.11 Å². The zero-order valence-electron chi connectivity index (χ0n) is 11.0. The molecule has 9 heteroatoms. The summed E-state index contributed by atoms with van der Waals surface area (Å²) in [4.78, 5) is 4.36. The molecule has 0 amide bonds. The largest absolute Gasteiger partial charge is 0.496 e. The summed E-state index contributed by atoms with van der Waals surface area (Å²) < 4.78 is 11.3. The lowest BCUT2D eigenvalue weighted by Crippen LogP contribution is -1.89. The second-order valence-electron chi connectivity index (χ2n) is 3.91. The average molecular weight is 321 g/mol. The molecular weight excluding hydrogens is 310 g/mol. The van der Waals surface area contributed by atoms with Crippen LogP contribution in [0.4, 0.5) is 5.13 Å². The zero-order valence-corrected chi connectivity index (χ0v) is 12.6. The number of thioether (sulfide) groups is 1. The van der Waals surface area contributed by atoms with Gasteiger partial charge in [0.15, 0.2) is 4.34 Å². The summed E-state index contributed by atoms with van der Waals surface area (Å²) in [6.07, 6.45) is 0. The van der Waals surface area contributed by atoms with Crippen molar-refractivity contribution >= 4 is 28.2 Å². The van der Waals surface area contributed by atoms with Gasteiger partial charge in [-0.3, -0.25) is 0 Å². The lowest BCUT2D eigenvalue weighted by molar-refractivity contribution is 0.390. The second kappa shape index (κ2) is 6.10. The van der Waals surface area contributed by atoms with Crippen molar-refractivity contribution in [2.75, 3.05) is 12.8 Å². The molecule has 0 atom stereocenters. The number of nitrogens with two attached hydrogens (primary N) is 1. The molecule has 0 fully saturated rings. The van der Waals surface area contributed by atoms with E-state index in [4.69, 9.17) is 15.0 Å².